The van der Waals surface area contributed by atoms with Gasteiger partial charge in [0.05, 0.1) is 6.54 Å². The first-order chi connectivity index (χ1) is 7.15. The van der Waals surface area contributed by atoms with E-state index in [0.29, 0.717) is 6.54 Å². The summed E-state index contributed by atoms with van der Waals surface area (Å²) in [4.78, 5) is 13.5. The summed E-state index contributed by atoms with van der Waals surface area (Å²) in [5.41, 5.74) is 0. The molecule has 86 valence electrons. The van der Waals surface area contributed by atoms with E-state index in [9.17, 15) is 4.79 Å². The Morgan fingerprint density at radius 3 is 2.80 bits per heavy atom. The van der Waals surface area contributed by atoms with Crippen molar-refractivity contribution in [3.05, 3.63) is 0 Å². The van der Waals surface area contributed by atoms with Gasteiger partial charge in [0.1, 0.15) is 0 Å². The average Bonchev–Trinajstić information content (AvgIpc) is 2.10. The summed E-state index contributed by atoms with van der Waals surface area (Å²) in [7, 11) is 0. The second-order valence-corrected chi connectivity index (χ2v) is 5.43. The zero-order valence-corrected chi connectivity index (χ0v) is 9.83. The van der Waals surface area contributed by atoms with Crippen LogP contribution in [0.4, 0.5) is 0 Å². The highest BCUT2D eigenvalue weighted by molar-refractivity contribution is 5.78. The van der Waals surface area contributed by atoms with Crippen LogP contribution in [-0.2, 0) is 4.79 Å². The van der Waals surface area contributed by atoms with Crippen LogP contribution >= 0.6 is 0 Å². The minimum absolute atomic E-state index is 0.195. The molecule has 0 aromatic heterocycles. The van der Waals surface area contributed by atoms with Gasteiger partial charge in [0.15, 0.2) is 0 Å². The fourth-order valence-electron chi connectivity index (χ4n) is 2.69. The topological polar surface area (TPSA) is 32.3 Å². The van der Waals surface area contributed by atoms with Gasteiger partial charge < -0.3 is 5.32 Å². The Hall–Kier alpha value is -0.570. The summed E-state index contributed by atoms with van der Waals surface area (Å²) in [6, 6.07) is 0. The fraction of sp³-hybridized carbons (Fsp3) is 0.917. The third kappa shape index (κ3) is 2.71. The molecule has 2 rings (SSSR count). The maximum absolute atomic E-state index is 11.2. The Morgan fingerprint density at radius 1 is 1.47 bits per heavy atom. The summed E-state index contributed by atoms with van der Waals surface area (Å²) < 4.78 is 0. The minimum atomic E-state index is 0.195. The second kappa shape index (κ2) is 4.52. The normalized spacial score (nSPS) is 32.6. The van der Waals surface area contributed by atoms with Gasteiger partial charge in [-0.2, -0.15) is 0 Å². The Labute approximate surface area is 92.2 Å². The van der Waals surface area contributed by atoms with E-state index in [1.54, 1.807) is 0 Å². The molecule has 0 aromatic carbocycles. The van der Waals surface area contributed by atoms with Gasteiger partial charge in [0.25, 0.3) is 0 Å². The first-order valence-corrected chi connectivity index (χ1v) is 6.14. The SMILES string of the molecule is CC(C)C1CC(CN2CCNC(=O)C2)C1. The van der Waals surface area contributed by atoms with E-state index in [1.165, 1.54) is 12.8 Å². The first kappa shape index (κ1) is 10.9. The zero-order valence-electron chi connectivity index (χ0n) is 9.83. The Bertz CT molecular complexity index is 234. The molecule has 1 saturated carbocycles. The lowest BCUT2D eigenvalue weighted by Gasteiger charge is -2.41. The molecule has 2 aliphatic rings. The van der Waals surface area contributed by atoms with Crippen LogP contribution in [0.25, 0.3) is 0 Å². The highest BCUT2D eigenvalue weighted by Gasteiger charge is 2.32. The zero-order chi connectivity index (χ0) is 10.8. The number of hydrogen-bond donors (Lipinski definition) is 1. The molecule has 0 atom stereocenters. The van der Waals surface area contributed by atoms with Gasteiger partial charge in [-0.3, -0.25) is 9.69 Å². The predicted octanol–water partition coefficient (Wildman–Crippen LogP) is 1.10. The van der Waals surface area contributed by atoms with Crippen LogP contribution in [0.1, 0.15) is 26.7 Å². The maximum Gasteiger partial charge on any atom is 0.234 e. The maximum atomic E-state index is 11.2. The Balaban J connectivity index is 1.68. The molecule has 1 amide bonds. The average molecular weight is 210 g/mol. The van der Waals surface area contributed by atoms with Crippen molar-refractivity contribution in [3.63, 3.8) is 0 Å². The molecule has 0 unspecified atom stereocenters. The molecule has 0 radical (unpaired) electrons. The second-order valence-electron chi connectivity index (χ2n) is 5.43. The lowest BCUT2D eigenvalue weighted by molar-refractivity contribution is -0.124. The van der Waals surface area contributed by atoms with Crippen LogP contribution in [-0.4, -0.2) is 37.0 Å². The molecular weight excluding hydrogens is 188 g/mol. The molecule has 3 heteroatoms. The van der Waals surface area contributed by atoms with Crippen molar-refractivity contribution < 1.29 is 4.79 Å². The summed E-state index contributed by atoms with van der Waals surface area (Å²) in [6.45, 7) is 8.25. The highest BCUT2D eigenvalue weighted by Crippen LogP contribution is 2.39. The Kier molecular flexibility index (Phi) is 3.29. The number of nitrogens with one attached hydrogen (secondary N) is 1. The van der Waals surface area contributed by atoms with Crippen LogP contribution in [0.5, 0.6) is 0 Å². The van der Waals surface area contributed by atoms with E-state index in [0.717, 1.165) is 37.4 Å². The van der Waals surface area contributed by atoms with Gasteiger partial charge in [-0.05, 0) is 30.6 Å². The summed E-state index contributed by atoms with van der Waals surface area (Å²) in [5.74, 6) is 2.82. The van der Waals surface area contributed by atoms with Crippen LogP contribution in [0, 0.1) is 17.8 Å². The van der Waals surface area contributed by atoms with E-state index in [1.807, 2.05) is 0 Å². The third-order valence-corrected chi connectivity index (χ3v) is 3.85. The molecule has 2 fully saturated rings. The third-order valence-electron chi connectivity index (χ3n) is 3.85. The minimum Gasteiger partial charge on any atom is -0.354 e. The summed E-state index contributed by atoms with van der Waals surface area (Å²) in [6.07, 6.45) is 2.74. The van der Waals surface area contributed by atoms with Gasteiger partial charge in [0.2, 0.25) is 5.91 Å². The van der Waals surface area contributed by atoms with E-state index in [4.69, 9.17) is 0 Å². The number of carbonyl (C=O) groups is 1. The summed E-state index contributed by atoms with van der Waals surface area (Å²) in [5, 5.41) is 2.87. The molecular formula is C12H22N2O. The molecule has 0 aromatic rings. The molecule has 1 heterocycles. The lowest BCUT2D eigenvalue weighted by Crippen LogP contribution is -2.50. The van der Waals surface area contributed by atoms with Gasteiger partial charge >= 0.3 is 0 Å². The van der Waals surface area contributed by atoms with Crippen LogP contribution in [0.2, 0.25) is 0 Å². The van der Waals surface area contributed by atoms with E-state index in [-0.39, 0.29) is 5.91 Å². The number of piperazine rings is 1. The Morgan fingerprint density at radius 2 is 2.20 bits per heavy atom. The molecule has 15 heavy (non-hydrogen) atoms. The lowest BCUT2D eigenvalue weighted by atomic mass is 9.69. The van der Waals surface area contributed by atoms with Crippen molar-refractivity contribution in [2.24, 2.45) is 17.8 Å². The number of nitrogens with zero attached hydrogens (tertiary/aromatic N) is 1. The van der Waals surface area contributed by atoms with Crippen molar-refractivity contribution in [1.29, 1.82) is 0 Å². The number of hydrogen-bond acceptors (Lipinski definition) is 2. The van der Waals surface area contributed by atoms with Crippen molar-refractivity contribution in [3.8, 4) is 0 Å². The quantitative estimate of drug-likeness (QED) is 0.756. The number of carbonyl (C=O) groups excluding carboxylic acids is 1. The predicted molar refractivity (Wildman–Crippen MR) is 60.5 cm³/mol. The molecule has 3 nitrogen and oxygen atoms in total. The molecule has 0 bridgehead atoms. The highest BCUT2D eigenvalue weighted by atomic mass is 16.2. The largest absolute Gasteiger partial charge is 0.354 e. The first-order valence-electron chi connectivity index (χ1n) is 6.14. The number of rotatable bonds is 3. The molecule has 1 saturated heterocycles. The van der Waals surface area contributed by atoms with Gasteiger partial charge in [-0.25, -0.2) is 0 Å². The standard InChI is InChI=1S/C12H22N2O/c1-9(2)11-5-10(6-11)7-14-4-3-13-12(15)8-14/h9-11H,3-8H2,1-2H3,(H,13,15). The molecule has 1 aliphatic carbocycles. The van der Waals surface area contributed by atoms with Crippen LogP contribution < -0.4 is 5.32 Å². The van der Waals surface area contributed by atoms with Crippen molar-refractivity contribution in [2.75, 3.05) is 26.2 Å². The molecule has 0 spiro atoms. The fourth-order valence-corrected chi connectivity index (χ4v) is 2.69. The van der Waals surface area contributed by atoms with Crippen LogP contribution in [0.3, 0.4) is 0 Å². The van der Waals surface area contributed by atoms with Crippen molar-refractivity contribution in [1.82, 2.24) is 10.2 Å². The number of amides is 1. The van der Waals surface area contributed by atoms with Crippen molar-refractivity contribution >= 4 is 5.91 Å². The van der Waals surface area contributed by atoms with Crippen LogP contribution in [0.15, 0.2) is 0 Å². The summed E-state index contributed by atoms with van der Waals surface area (Å²) >= 11 is 0. The van der Waals surface area contributed by atoms with Gasteiger partial charge in [0, 0.05) is 19.6 Å². The van der Waals surface area contributed by atoms with Crippen molar-refractivity contribution in [2.45, 2.75) is 26.7 Å². The van der Waals surface area contributed by atoms with E-state index < -0.39 is 0 Å². The van der Waals surface area contributed by atoms with Gasteiger partial charge in [-0.1, -0.05) is 13.8 Å². The molecule has 1 aliphatic heterocycles. The van der Waals surface area contributed by atoms with Gasteiger partial charge in [-0.15, -0.1) is 0 Å². The smallest absolute Gasteiger partial charge is 0.234 e. The van der Waals surface area contributed by atoms with E-state index in [2.05, 4.69) is 24.1 Å². The molecule has 1 N–H and O–H groups in total. The van der Waals surface area contributed by atoms with E-state index >= 15 is 0 Å². The monoisotopic (exact) mass is 210 g/mol.